The average molecular weight is 242 g/mol. The maximum atomic E-state index is 12.0. The quantitative estimate of drug-likeness (QED) is 0.607. The zero-order valence-electron chi connectivity index (χ0n) is 10.1. The van der Waals surface area contributed by atoms with Crippen LogP contribution in [0.3, 0.4) is 0 Å². The number of β-amino-alcohol motifs (C(OH)–C–C–N with tert-alkyl or cyclic N) is 2. The average Bonchev–Trinajstić information content (AvgIpc) is 2.59. The Morgan fingerprint density at radius 2 is 1.88 bits per heavy atom. The molecule has 4 unspecified atom stereocenters. The summed E-state index contributed by atoms with van der Waals surface area (Å²) in [6, 6.07) is 0.233. The van der Waals surface area contributed by atoms with Gasteiger partial charge >= 0.3 is 0 Å². The van der Waals surface area contributed by atoms with Crippen LogP contribution in [0.25, 0.3) is 0 Å². The third kappa shape index (κ3) is 3.18. The number of likely N-dealkylation sites (tertiary alicyclic amines) is 1. The Bertz CT molecular complexity index is 275. The molecule has 1 aliphatic heterocycles. The van der Waals surface area contributed by atoms with E-state index in [9.17, 15) is 15.0 Å². The summed E-state index contributed by atoms with van der Waals surface area (Å²) in [6.07, 6.45) is 3.09. The van der Waals surface area contributed by atoms with Crippen molar-refractivity contribution < 1.29 is 15.0 Å². The fraction of sp³-hybridized carbons (Fsp3) is 0.917. The summed E-state index contributed by atoms with van der Waals surface area (Å²) in [4.78, 5) is 13.5. The first-order valence-corrected chi connectivity index (χ1v) is 6.45. The number of nitrogens with zero attached hydrogens (tertiary/aromatic N) is 1. The van der Waals surface area contributed by atoms with Gasteiger partial charge in [0.25, 0.3) is 0 Å². The van der Waals surface area contributed by atoms with Gasteiger partial charge in [0.05, 0.1) is 12.2 Å². The molecule has 0 aromatic carbocycles. The van der Waals surface area contributed by atoms with Crippen molar-refractivity contribution >= 4 is 5.91 Å². The van der Waals surface area contributed by atoms with Crippen LogP contribution in [0, 0.1) is 5.92 Å². The molecule has 4 N–H and O–H groups in total. The molecule has 0 aromatic rings. The highest BCUT2D eigenvalue weighted by Crippen LogP contribution is 2.27. The summed E-state index contributed by atoms with van der Waals surface area (Å²) in [5.41, 5.74) is 5.89. The van der Waals surface area contributed by atoms with Gasteiger partial charge in [-0.15, -0.1) is 0 Å². The molecule has 0 aromatic heterocycles. The Balaban J connectivity index is 1.81. The minimum Gasteiger partial charge on any atom is -0.388 e. The van der Waals surface area contributed by atoms with E-state index in [4.69, 9.17) is 5.73 Å². The smallest absolute Gasteiger partial charge is 0.223 e. The Morgan fingerprint density at radius 3 is 2.47 bits per heavy atom. The highest BCUT2D eigenvalue weighted by molar-refractivity contribution is 5.76. The molecule has 5 heteroatoms. The first-order valence-electron chi connectivity index (χ1n) is 6.45. The van der Waals surface area contributed by atoms with Crippen LogP contribution in [0.4, 0.5) is 0 Å². The van der Waals surface area contributed by atoms with Gasteiger partial charge in [0, 0.05) is 25.6 Å². The number of nitrogens with two attached hydrogens (primary N) is 1. The minimum atomic E-state index is -0.785. The van der Waals surface area contributed by atoms with E-state index in [1.807, 2.05) is 0 Å². The Labute approximate surface area is 102 Å². The van der Waals surface area contributed by atoms with Crippen LogP contribution < -0.4 is 5.73 Å². The van der Waals surface area contributed by atoms with E-state index in [1.54, 1.807) is 4.90 Å². The lowest BCUT2D eigenvalue weighted by atomic mass is 9.84. The van der Waals surface area contributed by atoms with Crippen molar-refractivity contribution in [2.75, 3.05) is 13.1 Å². The lowest BCUT2D eigenvalue weighted by Gasteiger charge is -2.27. The number of rotatable bonds is 2. The second-order valence-corrected chi connectivity index (χ2v) is 5.43. The maximum Gasteiger partial charge on any atom is 0.223 e. The van der Waals surface area contributed by atoms with E-state index in [0.29, 0.717) is 12.3 Å². The number of amides is 1. The van der Waals surface area contributed by atoms with E-state index in [0.717, 1.165) is 25.7 Å². The molecular weight excluding hydrogens is 220 g/mol. The molecule has 1 heterocycles. The van der Waals surface area contributed by atoms with Crippen molar-refractivity contribution in [3.63, 3.8) is 0 Å². The van der Waals surface area contributed by atoms with E-state index < -0.39 is 12.2 Å². The molecule has 0 bridgehead atoms. The molecule has 2 fully saturated rings. The molecule has 1 saturated heterocycles. The number of aliphatic hydroxyl groups excluding tert-OH is 2. The maximum absolute atomic E-state index is 12.0. The van der Waals surface area contributed by atoms with E-state index in [1.165, 1.54) is 0 Å². The van der Waals surface area contributed by atoms with Gasteiger partial charge in [0.2, 0.25) is 5.91 Å². The van der Waals surface area contributed by atoms with Gasteiger partial charge in [-0.1, -0.05) is 6.42 Å². The number of hydrogen-bond donors (Lipinski definition) is 3. The van der Waals surface area contributed by atoms with E-state index in [2.05, 4.69) is 0 Å². The number of carbonyl (C=O) groups is 1. The van der Waals surface area contributed by atoms with Crippen LogP contribution in [0.1, 0.15) is 32.1 Å². The molecule has 4 atom stereocenters. The second kappa shape index (κ2) is 5.33. The van der Waals surface area contributed by atoms with Crippen molar-refractivity contribution in [1.29, 1.82) is 0 Å². The second-order valence-electron chi connectivity index (χ2n) is 5.43. The summed E-state index contributed by atoms with van der Waals surface area (Å²) >= 11 is 0. The molecule has 17 heavy (non-hydrogen) atoms. The monoisotopic (exact) mass is 242 g/mol. The largest absolute Gasteiger partial charge is 0.388 e. The Kier molecular flexibility index (Phi) is 4.01. The zero-order valence-corrected chi connectivity index (χ0v) is 10.1. The van der Waals surface area contributed by atoms with Crippen LogP contribution in [0.5, 0.6) is 0 Å². The van der Waals surface area contributed by atoms with Crippen LogP contribution >= 0.6 is 0 Å². The standard InChI is InChI=1S/C12H22N2O3/c13-9-3-1-2-8(4-9)5-12(17)14-6-10(15)11(16)7-14/h8-11,15-16H,1-7,13H2. The molecule has 2 rings (SSSR count). The molecule has 1 aliphatic carbocycles. The normalized spacial score (nSPS) is 38.4. The first kappa shape index (κ1) is 12.8. The van der Waals surface area contributed by atoms with Crippen LogP contribution in [-0.2, 0) is 4.79 Å². The van der Waals surface area contributed by atoms with E-state index >= 15 is 0 Å². The van der Waals surface area contributed by atoms with Gasteiger partial charge in [-0.05, 0) is 25.2 Å². The molecule has 98 valence electrons. The summed E-state index contributed by atoms with van der Waals surface area (Å²) in [5, 5.41) is 18.8. The van der Waals surface area contributed by atoms with Crippen molar-refractivity contribution in [3.05, 3.63) is 0 Å². The third-order valence-corrected chi connectivity index (χ3v) is 3.90. The van der Waals surface area contributed by atoms with Crippen molar-refractivity contribution in [2.24, 2.45) is 11.7 Å². The van der Waals surface area contributed by atoms with Crippen LogP contribution in [-0.4, -0.2) is 52.4 Å². The van der Waals surface area contributed by atoms with Gasteiger partial charge in [-0.3, -0.25) is 4.79 Å². The highest BCUT2D eigenvalue weighted by atomic mass is 16.3. The van der Waals surface area contributed by atoms with E-state index in [-0.39, 0.29) is 25.0 Å². The lowest BCUT2D eigenvalue weighted by Crippen LogP contribution is -2.34. The Morgan fingerprint density at radius 1 is 1.24 bits per heavy atom. The fourth-order valence-electron chi connectivity index (χ4n) is 2.87. The zero-order chi connectivity index (χ0) is 12.4. The predicted molar refractivity (Wildman–Crippen MR) is 63.1 cm³/mol. The SMILES string of the molecule is NC1CCCC(CC(=O)N2CC(O)C(O)C2)C1. The van der Waals surface area contributed by atoms with Crippen LogP contribution in [0.15, 0.2) is 0 Å². The molecule has 1 saturated carbocycles. The first-order chi connectivity index (χ1) is 8.06. The molecule has 2 aliphatic rings. The molecule has 5 nitrogen and oxygen atoms in total. The van der Waals surface area contributed by atoms with Crippen molar-refractivity contribution in [1.82, 2.24) is 4.90 Å². The topological polar surface area (TPSA) is 86.8 Å². The van der Waals surface area contributed by atoms with Gasteiger partial charge in [-0.25, -0.2) is 0 Å². The molecule has 0 spiro atoms. The van der Waals surface area contributed by atoms with Crippen LogP contribution in [0.2, 0.25) is 0 Å². The Hall–Kier alpha value is -0.650. The van der Waals surface area contributed by atoms with Crippen molar-refractivity contribution in [3.8, 4) is 0 Å². The predicted octanol–water partition coefficient (Wildman–Crippen LogP) is -0.542. The summed E-state index contributed by atoms with van der Waals surface area (Å²) in [5.74, 6) is 0.417. The van der Waals surface area contributed by atoms with Gasteiger partial charge in [-0.2, -0.15) is 0 Å². The van der Waals surface area contributed by atoms with Gasteiger partial charge < -0.3 is 20.8 Å². The van der Waals surface area contributed by atoms with Gasteiger partial charge in [0.1, 0.15) is 0 Å². The number of hydrogen-bond acceptors (Lipinski definition) is 4. The molecule has 0 radical (unpaired) electrons. The van der Waals surface area contributed by atoms with Crippen molar-refractivity contribution in [2.45, 2.75) is 50.4 Å². The van der Waals surface area contributed by atoms with Gasteiger partial charge in [0.15, 0.2) is 0 Å². The summed E-state index contributed by atoms with van der Waals surface area (Å²) < 4.78 is 0. The number of aliphatic hydroxyl groups is 2. The lowest BCUT2D eigenvalue weighted by molar-refractivity contribution is -0.132. The number of carbonyl (C=O) groups excluding carboxylic acids is 1. The third-order valence-electron chi connectivity index (χ3n) is 3.90. The minimum absolute atomic E-state index is 0.0414. The molecular formula is C12H22N2O3. The fourth-order valence-corrected chi connectivity index (χ4v) is 2.87. The summed E-state index contributed by atoms with van der Waals surface area (Å²) in [7, 11) is 0. The molecule has 1 amide bonds. The summed E-state index contributed by atoms with van der Waals surface area (Å²) in [6.45, 7) is 0.525. The highest BCUT2D eigenvalue weighted by Gasteiger charge is 2.33.